The third kappa shape index (κ3) is 3.45. The fourth-order valence-electron chi connectivity index (χ4n) is 2.64. The van der Waals surface area contributed by atoms with Gasteiger partial charge in [0.1, 0.15) is 0 Å². The highest BCUT2D eigenvalue weighted by molar-refractivity contribution is 8.00. The number of esters is 1. The van der Waals surface area contributed by atoms with Gasteiger partial charge in [0, 0.05) is 5.69 Å². The van der Waals surface area contributed by atoms with Gasteiger partial charge in [-0.15, -0.1) is 16.4 Å². The molecule has 7 nitrogen and oxygen atoms in total. The Kier molecular flexibility index (Phi) is 5.28. The van der Waals surface area contributed by atoms with Gasteiger partial charge in [-0.1, -0.05) is 17.8 Å². The number of aryl methyl sites for hydroxylation is 1. The minimum Gasteiger partial charge on any atom is -0.465 e. The number of rotatable bonds is 6. The van der Waals surface area contributed by atoms with Gasteiger partial charge in [0.25, 0.3) is 0 Å². The summed E-state index contributed by atoms with van der Waals surface area (Å²) in [4.78, 5) is 33.1. The molecule has 0 unspecified atom stereocenters. The van der Waals surface area contributed by atoms with E-state index in [1.165, 1.54) is 18.9 Å². The van der Waals surface area contributed by atoms with Crippen molar-refractivity contribution < 1.29 is 14.3 Å². The van der Waals surface area contributed by atoms with Crippen LogP contribution < -0.4 is 0 Å². The van der Waals surface area contributed by atoms with Crippen LogP contribution in [0, 0.1) is 13.8 Å². The molecule has 0 aliphatic carbocycles. The number of thiophene rings is 1. The third-order valence-corrected chi connectivity index (χ3v) is 5.78. The summed E-state index contributed by atoms with van der Waals surface area (Å²) < 4.78 is 4.79. The number of carbonyl (C=O) groups excluding carboxylic acids is 2. The average molecular weight is 390 g/mol. The highest BCUT2D eigenvalue weighted by atomic mass is 32.2. The highest BCUT2D eigenvalue weighted by Gasteiger charge is 2.26. The molecule has 0 radical (unpaired) electrons. The second kappa shape index (κ2) is 7.46. The van der Waals surface area contributed by atoms with E-state index in [2.05, 4.69) is 20.2 Å². The molecule has 3 aromatic rings. The van der Waals surface area contributed by atoms with Gasteiger partial charge >= 0.3 is 5.97 Å². The SMILES string of the molecule is COC(=O)c1c(C)[nH]c(C(=O)[C@H](C)Sc2n[nH]c(-c3cccs3)n2)c1C. The average Bonchev–Trinajstić information content (AvgIpc) is 3.34. The Morgan fingerprint density at radius 1 is 1.35 bits per heavy atom. The summed E-state index contributed by atoms with van der Waals surface area (Å²) in [5.41, 5.74) is 2.04. The Bertz CT molecular complexity index is 944. The lowest BCUT2D eigenvalue weighted by molar-refractivity contribution is 0.0599. The normalized spacial score (nSPS) is 12.2. The molecule has 0 bridgehead atoms. The van der Waals surface area contributed by atoms with Crippen molar-refractivity contribution in [2.24, 2.45) is 0 Å². The van der Waals surface area contributed by atoms with E-state index in [0.717, 1.165) is 4.88 Å². The van der Waals surface area contributed by atoms with Gasteiger partial charge in [-0.25, -0.2) is 9.78 Å². The molecule has 1 atom stereocenters. The molecule has 0 aliphatic heterocycles. The van der Waals surface area contributed by atoms with E-state index in [0.29, 0.717) is 33.5 Å². The third-order valence-electron chi connectivity index (χ3n) is 3.94. The van der Waals surface area contributed by atoms with Gasteiger partial charge in [-0.05, 0) is 37.8 Å². The zero-order valence-electron chi connectivity index (χ0n) is 14.7. The minimum absolute atomic E-state index is 0.117. The molecule has 9 heteroatoms. The Morgan fingerprint density at radius 3 is 2.77 bits per heavy atom. The van der Waals surface area contributed by atoms with E-state index in [9.17, 15) is 9.59 Å². The molecule has 0 amide bonds. The number of methoxy groups -OCH3 is 1. The lowest BCUT2D eigenvalue weighted by atomic mass is 10.1. The van der Waals surface area contributed by atoms with Crippen LogP contribution >= 0.6 is 23.1 Å². The second-order valence-electron chi connectivity index (χ2n) is 5.68. The molecule has 136 valence electrons. The number of aromatic amines is 2. The van der Waals surface area contributed by atoms with Crippen LogP contribution in [0.2, 0.25) is 0 Å². The first-order valence-corrected chi connectivity index (χ1v) is 9.63. The van der Waals surface area contributed by atoms with Crippen LogP contribution in [0.3, 0.4) is 0 Å². The molecule has 3 heterocycles. The molecule has 0 aromatic carbocycles. The number of ketones is 1. The van der Waals surface area contributed by atoms with Crippen molar-refractivity contribution in [2.75, 3.05) is 7.11 Å². The van der Waals surface area contributed by atoms with Crippen LogP contribution in [0.15, 0.2) is 22.7 Å². The van der Waals surface area contributed by atoms with Crippen molar-refractivity contribution >= 4 is 34.9 Å². The predicted molar refractivity (Wildman–Crippen MR) is 101 cm³/mol. The number of thioether (sulfide) groups is 1. The van der Waals surface area contributed by atoms with Crippen LogP contribution in [-0.4, -0.2) is 44.3 Å². The summed E-state index contributed by atoms with van der Waals surface area (Å²) in [7, 11) is 1.32. The van der Waals surface area contributed by atoms with Crippen molar-refractivity contribution in [3.63, 3.8) is 0 Å². The van der Waals surface area contributed by atoms with Crippen molar-refractivity contribution in [3.8, 4) is 10.7 Å². The van der Waals surface area contributed by atoms with Crippen molar-refractivity contribution in [3.05, 3.63) is 40.0 Å². The summed E-state index contributed by atoms with van der Waals surface area (Å²) in [5.74, 6) is 0.111. The largest absolute Gasteiger partial charge is 0.465 e. The maximum Gasteiger partial charge on any atom is 0.339 e. The quantitative estimate of drug-likeness (QED) is 0.379. The van der Waals surface area contributed by atoms with Crippen LogP contribution in [0.4, 0.5) is 0 Å². The number of nitrogens with one attached hydrogen (secondary N) is 2. The first-order valence-electron chi connectivity index (χ1n) is 7.87. The second-order valence-corrected chi connectivity index (χ2v) is 7.94. The molecule has 0 saturated carbocycles. The molecule has 3 aromatic heterocycles. The van der Waals surface area contributed by atoms with E-state index < -0.39 is 11.2 Å². The number of hydrogen-bond acceptors (Lipinski definition) is 7. The van der Waals surface area contributed by atoms with Crippen molar-refractivity contribution in [2.45, 2.75) is 31.2 Å². The van der Waals surface area contributed by atoms with Crippen LogP contribution in [-0.2, 0) is 4.74 Å². The lowest BCUT2D eigenvalue weighted by Gasteiger charge is -2.07. The van der Waals surface area contributed by atoms with E-state index in [1.54, 1.807) is 32.1 Å². The zero-order chi connectivity index (χ0) is 18.8. The van der Waals surface area contributed by atoms with E-state index in [-0.39, 0.29) is 5.78 Å². The topological polar surface area (TPSA) is 101 Å². The Labute approximate surface area is 158 Å². The molecule has 26 heavy (non-hydrogen) atoms. The number of ether oxygens (including phenoxy) is 1. The maximum atomic E-state index is 12.8. The number of Topliss-reactive ketones (excluding diaryl/α,β-unsaturated/α-hetero) is 1. The molecule has 3 rings (SSSR count). The molecule has 2 N–H and O–H groups in total. The number of H-pyrrole nitrogens is 2. The van der Waals surface area contributed by atoms with Crippen LogP contribution in [0.5, 0.6) is 0 Å². The zero-order valence-corrected chi connectivity index (χ0v) is 16.4. The van der Waals surface area contributed by atoms with E-state index in [4.69, 9.17) is 4.74 Å². The summed E-state index contributed by atoms with van der Waals surface area (Å²) in [6, 6.07) is 3.89. The summed E-state index contributed by atoms with van der Waals surface area (Å²) in [6.07, 6.45) is 0. The molecule has 0 spiro atoms. The van der Waals surface area contributed by atoms with E-state index >= 15 is 0 Å². The van der Waals surface area contributed by atoms with Gasteiger partial charge in [0.05, 0.1) is 28.5 Å². The minimum atomic E-state index is -0.454. The van der Waals surface area contributed by atoms with Crippen LogP contribution in [0.1, 0.15) is 39.0 Å². The van der Waals surface area contributed by atoms with E-state index in [1.807, 2.05) is 17.5 Å². The summed E-state index contributed by atoms with van der Waals surface area (Å²) in [6.45, 7) is 5.28. The number of nitrogens with zero attached hydrogens (tertiary/aromatic N) is 2. The maximum absolute atomic E-state index is 12.8. The van der Waals surface area contributed by atoms with Gasteiger partial charge < -0.3 is 9.72 Å². The van der Waals surface area contributed by atoms with Gasteiger partial charge in [0.2, 0.25) is 5.16 Å². The summed E-state index contributed by atoms with van der Waals surface area (Å²) in [5, 5.41) is 9.11. The number of aromatic nitrogens is 4. The van der Waals surface area contributed by atoms with Crippen LogP contribution in [0.25, 0.3) is 10.7 Å². The Balaban J connectivity index is 1.77. The molecule has 0 fully saturated rings. The standard InChI is InChI=1S/C17H18N4O3S2/c1-8-12(16(23)24-4)9(2)18-13(8)14(22)10(3)26-17-19-15(20-21-17)11-6-5-7-25-11/h5-7,10,18H,1-4H3,(H,19,20,21)/t10-/m0/s1. The smallest absolute Gasteiger partial charge is 0.339 e. The Morgan fingerprint density at radius 2 is 2.12 bits per heavy atom. The fraction of sp³-hybridized carbons (Fsp3) is 0.294. The fourth-order valence-corrected chi connectivity index (χ4v) is 4.09. The molecular weight excluding hydrogens is 372 g/mol. The number of hydrogen-bond donors (Lipinski definition) is 2. The molecule has 0 saturated heterocycles. The first kappa shape index (κ1) is 18.4. The van der Waals surface area contributed by atoms with Crippen molar-refractivity contribution in [1.29, 1.82) is 0 Å². The predicted octanol–water partition coefficient (Wildman–Crippen LogP) is 3.63. The molecule has 0 aliphatic rings. The summed E-state index contributed by atoms with van der Waals surface area (Å²) >= 11 is 2.83. The first-order chi connectivity index (χ1) is 12.4. The Hall–Kier alpha value is -2.39. The van der Waals surface area contributed by atoms with Gasteiger partial charge in [-0.3, -0.25) is 9.89 Å². The number of carbonyl (C=O) groups is 2. The van der Waals surface area contributed by atoms with Gasteiger partial charge in [0.15, 0.2) is 11.6 Å². The monoisotopic (exact) mass is 390 g/mol. The lowest BCUT2D eigenvalue weighted by Crippen LogP contribution is -2.15. The molecular formula is C17H18N4O3S2. The van der Waals surface area contributed by atoms with Gasteiger partial charge in [-0.2, -0.15) is 0 Å². The highest BCUT2D eigenvalue weighted by Crippen LogP contribution is 2.28. The van der Waals surface area contributed by atoms with Crippen molar-refractivity contribution in [1.82, 2.24) is 20.2 Å².